The van der Waals surface area contributed by atoms with Crippen LogP contribution in [0.1, 0.15) is 4.88 Å². The molecule has 1 aliphatic rings. The van der Waals surface area contributed by atoms with Crippen LogP contribution in [0.15, 0.2) is 21.9 Å². The normalized spacial score (nSPS) is 28.6. The van der Waals surface area contributed by atoms with Crippen molar-refractivity contribution < 1.29 is 24.4 Å². The van der Waals surface area contributed by atoms with Gasteiger partial charge < -0.3 is 20.1 Å². The molecule has 4 N–H and O–H groups in total. The van der Waals surface area contributed by atoms with Gasteiger partial charge in [-0.2, -0.15) is 4.39 Å². The largest absolute Gasteiger partial charge is 0.394 e. The number of aromatic amines is 1. The predicted molar refractivity (Wildman–Crippen MR) is 91.3 cm³/mol. The number of rotatable bonds is 4. The molecule has 0 aliphatic carbocycles. The Hall–Kier alpha value is -1.27. The molecule has 1 saturated heterocycles. The van der Waals surface area contributed by atoms with E-state index in [2.05, 4.69) is 0 Å². The van der Waals surface area contributed by atoms with Gasteiger partial charge in [-0.05, 0) is 6.07 Å². The second-order valence-electron chi connectivity index (χ2n) is 5.74. The molecule has 142 valence electrons. The van der Waals surface area contributed by atoms with E-state index in [4.69, 9.17) is 27.9 Å². The first-order valence-corrected chi connectivity index (χ1v) is 8.87. The Morgan fingerprint density at radius 1 is 1.38 bits per heavy atom. The maximum absolute atomic E-state index is 13.8. The molecule has 3 heterocycles. The second kappa shape index (κ2) is 7.04. The van der Waals surface area contributed by atoms with Gasteiger partial charge in [0.2, 0.25) is 5.82 Å². The van der Waals surface area contributed by atoms with Crippen LogP contribution < -0.4 is 11.2 Å². The first kappa shape index (κ1) is 19.5. The number of nitrogens with one attached hydrogen (secondary N) is 1. The van der Waals surface area contributed by atoms with Gasteiger partial charge in [0.15, 0.2) is 5.72 Å². The van der Waals surface area contributed by atoms with Gasteiger partial charge in [-0.1, -0.05) is 23.2 Å². The molecule has 12 heteroatoms. The van der Waals surface area contributed by atoms with Crippen LogP contribution in [0.25, 0.3) is 0 Å². The van der Waals surface area contributed by atoms with Crippen LogP contribution in [-0.4, -0.2) is 49.8 Å². The minimum absolute atomic E-state index is 0.230. The summed E-state index contributed by atoms with van der Waals surface area (Å²) in [5.41, 5.74) is -4.29. The number of halogens is 3. The standard InChI is InChI=1S/C14H13Cl2FN2O6S/c15-6-1-5(26-11(6)16)2-14(10(22)9(21)8(4-20)25-14)19-3-7(17)12(23)18-13(19)24/h1,3,8-10,20-22H,2,4H2,(H,18,23,24)/t8-,9-,10-,14-/m1/s1. The summed E-state index contributed by atoms with van der Waals surface area (Å²) in [4.78, 5) is 25.8. The highest BCUT2D eigenvalue weighted by molar-refractivity contribution is 7.16. The van der Waals surface area contributed by atoms with Gasteiger partial charge in [-0.25, -0.2) is 4.79 Å². The van der Waals surface area contributed by atoms with E-state index in [0.29, 0.717) is 15.6 Å². The van der Waals surface area contributed by atoms with Gasteiger partial charge in [-0.3, -0.25) is 14.3 Å². The van der Waals surface area contributed by atoms with E-state index < -0.39 is 47.7 Å². The monoisotopic (exact) mass is 426 g/mol. The molecule has 0 bridgehead atoms. The van der Waals surface area contributed by atoms with Gasteiger partial charge in [0.25, 0.3) is 5.56 Å². The number of ether oxygens (including phenoxy) is 1. The van der Waals surface area contributed by atoms with Gasteiger partial charge in [0, 0.05) is 11.3 Å². The zero-order valence-electron chi connectivity index (χ0n) is 12.9. The summed E-state index contributed by atoms with van der Waals surface area (Å²) in [6.45, 7) is -0.660. The molecule has 26 heavy (non-hydrogen) atoms. The topological polar surface area (TPSA) is 125 Å². The highest BCUT2D eigenvalue weighted by Gasteiger charge is 2.56. The van der Waals surface area contributed by atoms with E-state index in [-0.39, 0.29) is 15.8 Å². The molecule has 8 nitrogen and oxygen atoms in total. The summed E-state index contributed by atoms with van der Waals surface area (Å²) >= 11 is 12.9. The third kappa shape index (κ3) is 3.11. The molecule has 4 atom stereocenters. The lowest BCUT2D eigenvalue weighted by atomic mass is 9.98. The van der Waals surface area contributed by atoms with E-state index in [1.54, 1.807) is 4.98 Å². The van der Waals surface area contributed by atoms with Gasteiger partial charge in [0.05, 0.1) is 17.8 Å². The quantitative estimate of drug-likeness (QED) is 0.547. The van der Waals surface area contributed by atoms with Crippen LogP contribution in [-0.2, 0) is 16.9 Å². The average molecular weight is 427 g/mol. The number of hydrogen-bond donors (Lipinski definition) is 4. The minimum atomic E-state index is -1.99. The first-order valence-electron chi connectivity index (χ1n) is 7.30. The number of nitrogens with zero attached hydrogens (tertiary/aromatic N) is 1. The number of H-pyrrole nitrogens is 1. The smallest absolute Gasteiger partial charge is 0.330 e. The summed E-state index contributed by atoms with van der Waals surface area (Å²) in [5, 5.41) is 30.3. The van der Waals surface area contributed by atoms with Gasteiger partial charge in [0.1, 0.15) is 22.6 Å². The van der Waals surface area contributed by atoms with Crippen LogP contribution in [0.4, 0.5) is 4.39 Å². The van der Waals surface area contributed by atoms with Gasteiger partial charge in [-0.15, -0.1) is 11.3 Å². The molecular formula is C14H13Cl2FN2O6S. The van der Waals surface area contributed by atoms with E-state index in [9.17, 15) is 29.3 Å². The van der Waals surface area contributed by atoms with Crippen LogP contribution in [0, 0.1) is 5.82 Å². The SMILES string of the molecule is O=c1[nH]c(=O)n([C@]2(Cc3cc(Cl)c(Cl)s3)O[C@H](CO)[C@@H](O)[C@H]2O)cc1F. The molecule has 1 aliphatic heterocycles. The number of aromatic nitrogens is 2. The van der Waals surface area contributed by atoms with Crippen molar-refractivity contribution in [2.45, 2.75) is 30.5 Å². The number of thiophene rings is 1. The predicted octanol–water partition coefficient (Wildman–Crippen LogP) is 0.0524. The molecule has 0 amide bonds. The van der Waals surface area contributed by atoms with Crippen molar-refractivity contribution in [1.29, 1.82) is 0 Å². The third-order valence-corrected chi connectivity index (χ3v) is 6.00. The summed E-state index contributed by atoms with van der Waals surface area (Å²) in [6.07, 6.45) is -4.18. The Labute approximate surface area is 159 Å². The Morgan fingerprint density at radius 2 is 2.08 bits per heavy atom. The highest BCUT2D eigenvalue weighted by atomic mass is 35.5. The van der Waals surface area contributed by atoms with Crippen LogP contribution in [0.3, 0.4) is 0 Å². The lowest BCUT2D eigenvalue weighted by Crippen LogP contribution is -2.53. The molecule has 0 unspecified atom stereocenters. The molecule has 3 rings (SSSR count). The summed E-state index contributed by atoms with van der Waals surface area (Å²) < 4.78 is 20.3. The molecule has 0 saturated carbocycles. The van der Waals surface area contributed by atoms with E-state index >= 15 is 0 Å². The van der Waals surface area contributed by atoms with E-state index in [0.717, 1.165) is 11.3 Å². The lowest BCUT2D eigenvalue weighted by molar-refractivity contribution is -0.149. The highest BCUT2D eigenvalue weighted by Crippen LogP contribution is 2.41. The average Bonchev–Trinajstić information content (AvgIpc) is 3.02. The number of hydrogen-bond acceptors (Lipinski definition) is 7. The van der Waals surface area contributed by atoms with Crippen molar-refractivity contribution in [2.75, 3.05) is 6.61 Å². The molecule has 0 radical (unpaired) electrons. The second-order valence-corrected chi connectivity index (χ2v) is 7.88. The number of aliphatic hydroxyl groups is 3. The fourth-order valence-electron chi connectivity index (χ4n) is 2.90. The third-order valence-electron chi connectivity index (χ3n) is 4.13. The Bertz CT molecular complexity index is 927. The zero-order chi connectivity index (χ0) is 19.2. The van der Waals surface area contributed by atoms with Crippen molar-refractivity contribution in [3.63, 3.8) is 0 Å². The molecule has 0 spiro atoms. The molecule has 1 fully saturated rings. The summed E-state index contributed by atoms with van der Waals surface area (Å²) in [7, 11) is 0. The maximum atomic E-state index is 13.8. The molecular weight excluding hydrogens is 414 g/mol. The molecule has 2 aromatic rings. The van der Waals surface area contributed by atoms with Crippen molar-refractivity contribution >= 4 is 34.5 Å². The Balaban J connectivity index is 2.18. The lowest BCUT2D eigenvalue weighted by Gasteiger charge is -2.33. The van der Waals surface area contributed by atoms with Crippen molar-refractivity contribution in [2.24, 2.45) is 0 Å². The fourth-order valence-corrected chi connectivity index (χ4v) is 4.41. The van der Waals surface area contributed by atoms with Crippen molar-refractivity contribution in [1.82, 2.24) is 9.55 Å². The summed E-state index contributed by atoms with van der Waals surface area (Å²) in [5.74, 6) is -1.29. The minimum Gasteiger partial charge on any atom is -0.394 e. The van der Waals surface area contributed by atoms with E-state index in [1.807, 2.05) is 0 Å². The zero-order valence-corrected chi connectivity index (χ0v) is 15.2. The van der Waals surface area contributed by atoms with Gasteiger partial charge >= 0.3 is 5.69 Å². The van der Waals surface area contributed by atoms with Crippen LogP contribution >= 0.6 is 34.5 Å². The van der Waals surface area contributed by atoms with Crippen molar-refractivity contribution in [3.05, 3.63) is 53.2 Å². The van der Waals surface area contributed by atoms with E-state index in [1.165, 1.54) is 6.07 Å². The van der Waals surface area contributed by atoms with Crippen LogP contribution in [0.5, 0.6) is 0 Å². The molecule has 0 aromatic carbocycles. The maximum Gasteiger partial charge on any atom is 0.330 e. The van der Waals surface area contributed by atoms with Crippen LogP contribution in [0.2, 0.25) is 9.36 Å². The first-order chi connectivity index (χ1) is 12.2. The number of aliphatic hydroxyl groups excluding tert-OH is 3. The van der Waals surface area contributed by atoms with Crippen molar-refractivity contribution in [3.8, 4) is 0 Å². The fraction of sp³-hybridized carbons (Fsp3) is 0.429. The summed E-state index contributed by atoms with van der Waals surface area (Å²) in [6, 6.07) is 1.47. The Kier molecular flexibility index (Phi) is 5.28. The Morgan fingerprint density at radius 3 is 2.62 bits per heavy atom. The molecule has 2 aromatic heterocycles.